The molecule has 0 fully saturated rings. The zero-order valence-electron chi connectivity index (χ0n) is 9.68. The van der Waals surface area contributed by atoms with Crippen molar-refractivity contribution in [3.63, 3.8) is 0 Å². The van der Waals surface area contributed by atoms with Gasteiger partial charge in [-0.05, 0) is 45.8 Å². The molecule has 19 heavy (non-hydrogen) atoms. The molecule has 0 saturated heterocycles. The summed E-state index contributed by atoms with van der Waals surface area (Å²) >= 11 is 6.52. The van der Waals surface area contributed by atoms with E-state index in [4.69, 9.17) is 0 Å². The molecule has 4 nitrogen and oxygen atoms in total. The Morgan fingerprint density at radius 2 is 1.84 bits per heavy atom. The summed E-state index contributed by atoms with van der Waals surface area (Å²) in [4.78, 5) is 4.18. The first-order valence-corrected chi connectivity index (χ1v) is 8.71. The van der Waals surface area contributed by atoms with Crippen LogP contribution in [0.2, 0.25) is 0 Å². The Balaban J connectivity index is 2.30. The van der Waals surface area contributed by atoms with Crippen LogP contribution in [-0.4, -0.2) is 13.4 Å². The van der Waals surface area contributed by atoms with E-state index in [1.807, 2.05) is 0 Å². The third-order valence-electron chi connectivity index (χ3n) is 2.39. The number of benzene rings is 1. The van der Waals surface area contributed by atoms with Crippen molar-refractivity contribution >= 4 is 47.6 Å². The summed E-state index contributed by atoms with van der Waals surface area (Å²) in [6.45, 7) is 0. The van der Waals surface area contributed by atoms with Crippen molar-refractivity contribution in [2.24, 2.45) is 0 Å². The summed E-state index contributed by atoms with van der Waals surface area (Å²) in [6, 6.07) is 9.98. The van der Waals surface area contributed by atoms with Gasteiger partial charge in [0.05, 0.1) is 10.6 Å². The van der Waals surface area contributed by atoms with E-state index in [9.17, 15) is 8.42 Å². The molecular formula is C12H10Br2N2O2S. The molecule has 0 radical (unpaired) electrons. The molecule has 0 amide bonds. The molecule has 2 aromatic rings. The van der Waals surface area contributed by atoms with Crippen LogP contribution in [0.1, 0.15) is 5.56 Å². The van der Waals surface area contributed by atoms with Crippen LogP contribution >= 0.6 is 31.9 Å². The molecule has 1 aromatic carbocycles. The maximum absolute atomic E-state index is 12.2. The first kappa shape index (κ1) is 14.5. The highest BCUT2D eigenvalue weighted by Gasteiger charge is 2.15. The van der Waals surface area contributed by atoms with Crippen LogP contribution in [0.3, 0.4) is 0 Å². The molecule has 2 rings (SSSR count). The topological polar surface area (TPSA) is 59.1 Å². The minimum absolute atomic E-state index is 0.216. The number of halogens is 2. The number of hydrogen-bond acceptors (Lipinski definition) is 3. The summed E-state index contributed by atoms with van der Waals surface area (Å²) in [7, 11) is -3.60. The largest absolute Gasteiger partial charge is 0.277 e. The minimum atomic E-state index is -3.60. The zero-order chi connectivity index (χ0) is 13.9. The van der Waals surface area contributed by atoms with Gasteiger partial charge in [0.25, 0.3) is 10.0 Å². The fourth-order valence-corrected chi connectivity index (χ4v) is 3.34. The number of anilines is 1. The lowest BCUT2D eigenvalue weighted by Crippen LogP contribution is -2.13. The number of pyridine rings is 1. The van der Waals surface area contributed by atoms with E-state index < -0.39 is 10.0 Å². The average Bonchev–Trinajstić information content (AvgIpc) is 2.41. The first-order chi connectivity index (χ1) is 9.03. The molecule has 0 atom stereocenters. The van der Waals surface area contributed by atoms with E-state index in [-0.39, 0.29) is 4.90 Å². The number of hydrogen-bond donors (Lipinski definition) is 1. The fourth-order valence-electron chi connectivity index (χ4n) is 1.42. The molecule has 100 valence electrons. The Morgan fingerprint density at radius 1 is 1.16 bits per heavy atom. The highest BCUT2D eigenvalue weighted by atomic mass is 79.9. The summed E-state index contributed by atoms with van der Waals surface area (Å²) < 4.78 is 27.3. The molecule has 0 spiro atoms. The van der Waals surface area contributed by atoms with Gasteiger partial charge in [-0.15, -0.1) is 0 Å². The predicted molar refractivity (Wildman–Crippen MR) is 81.8 cm³/mol. The van der Waals surface area contributed by atoms with E-state index in [1.54, 1.807) is 42.6 Å². The standard InChI is InChI=1S/C12H10Br2N2O2S/c13-8-9-3-5-10(6-4-9)19(17,18)16-11-2-1-7-15-12(11)14/h1-7,16H,8H2. The second-order valence-corrected chi connectivity index (χ2v) is 6.72. The van der Waals surface area contributed by atoms with Crippen molar-refractivity contribution in [3.05, 3.63) is 52.8 Å². The molecule has 1 N–H and O–H groups in total. The molecule has 0 bridgehead atoms. The summed E-state index contributed by atoms with van der Waals surface area (Å²) in [5.74, 6) is 0. The van der Waals surface area contributed by atoms with Gasteiger partial charge in [-0.25, -0.2) is 13.4 Å². The molecule has 7 heteroatoms. The maximum Gasteiger partial charge on any atom is 0.261 e. The molecule has 0 unspecified atom stereocenters. The highest BCUT2D eigenvalue weighted by molar-refractivity contribution is 9.10. The van der Waals surface area contributed by atoms with Gasteiger partial charge in [0, 0.05) is 11.5 Å². The number of sulfonamides is 1. The quantitative estimate of drug-likeness (QED) is 0.625. The molecule has 0 aliphatic carbocycles. The molecule has 1 aromatic heterocycles. The van der Waals surface area contributed by atoms with Crippen LogP contribution in [0.15, 0.2) is 52.1 Å². The van der Waals surface area contributed by atoms with Crippen LogP contribution in [0, 0.1) is 0 Å². The van der Waals surface area contributed by atoms with E-state index in [0.29, 0.717) is 15.6 Å². The third-order valence-corrected chi connectivity index (χ3v) is 5.05. The minimum Gasteiger partial charge on any atom is -0.277 e. The lowest BCUT2D eigenvalue weighted by molar-refractivity contribution is 0.601. The second-order valence-electron chi connectivity index (χ2n) is 3.72. The van der Waals surface area contributed by atoms with Crippen LogP contribution in [0.25, 0.3) is 0 Å². The van der Waals surface area contributed by atoms with Crippen molar-refractivity contribution in [1.29, 1.82) is 0 Å². The number of nitrogens with one attached hydrogen (secondary N) is 1. The van der Waals surface area contributed by atoms with Gasteiger partial charge >= 0.3 is 0 Å². The van der Waals surface area contributed by atoms with Gasteiger partial charge in [-0.1, -0.05) is 28.1 Å². The van der Waals surface area contributed by atoms with Gasteiger partial charge in [-0.2, -0.15) is 0 Å². The van der Waals surface area contributed by atoms with Crippen LogP contribution in [0.5, 0.6) is 0 Å². The van der Waals surface area contributed by atoms with Gasteiger partial charge in [0.2, 0.25) is 0 Å². The average molecular weight is 406 g/mol. The van der Waals surface area contributed by atoms with Crippen LogP contribution < -0.4 is 4.72 Å². The summed E-state index contributed by atoms with van der Waals surface area (Å²) in [5, 5.41) is 0.689. The Labute approximate surface area is 128 Å². The Hall–Kier alpha value is -0.920. The summed E-state index contributed by atoms with van der Waals surface area (Å²) in [5.41, 5.74) is 1.42. The first-order valence-electron chi connectivity index (χ1n) is 5.31. The van der Waals surface area contributed by atoms with Gasteiger partial charge in [0.15, 0.2) is 0 Å². The Bertz CT molecular complexity index is 672. The number of nitrogens with zero attached hydrogens (tertiary/aromatic N) is 1. The smallest absolute Gasteiger partial charge is 0.261 e. The zero-order valence-corrected chi connectivity index (χ0v) is 13.7. The SMILES string of the molecule is O=S(=O)(Nc1cccnc1Br)c1ccc(CBr)cc1. The van der Waals surface area contributed by atoms with E-state index in [1.165, 1.54) is 0 Å². The van der Waals surface area contributed by atoms with Crippen molar-refractivity contribution in [2.45, 2.75) is 10.2 Å². The van der Waals surface area contributed by atoms with E-state index in [2.05, 4.69) is 41.6 Å². The van der Waals surface area contributed by atoms with Crippen LogP contribution in [0.4, 0.5) is 5.69 Å². The number of aromatic nitrogens is 1. The normalized spacial score (nSPS) is 11.3. The van der Waals surface area contributed by atoms with E-state index >= 15 is 0 Å². The van der Waals surface area contributed by atoms with Gasteiger partial charge < -0.3 is 0 Å². The number of alkyl halides is 1. The lowest BCUT2D eigenvalue weighted by atomic mass is 10.2. The third kappa shape index (κ3) is 3.55. The Kier molecular flexibility index (Phi) is 4.59. The van der Waals surface area contributed by atoms with Crippen molar-refractivity contribution in [2.75, 3.05) is 4.72 Å². The lowest BCUT2D eigenvalue weighted by Gasteiger charge is -2.09. The van der Waals surface area contributed by atoms with E-state index in [0.717, 1.165) is 5.56 Å². The number of rotatable bonds is 4. The highest BCUT2D eigenvalue weighted by Crippen LogP contribution is 2.22. The second kappa shape index (κ2) is 6.02. The van der Waals surface area contributed by atoms with Crippen LogP contribution in [-0.2, 0) is 15.4 Å². The molecule has 0 aliphatic heterocycles. The van der Waals surface area contributed by atoms with Crippen molar-refractivity contribution in [3.8, 4) is 0 Å². The molecule has 0 saturated carbocycles. The Morgan fingerprint density at radius 3 is 2.42 bits per heavy atom. The van der Waals surface area contributed by atoms with Crippen molar-refractivity contribution in [1.82, 2.24) is 4.98 Å². The van der Waals surface area contributed by atoms with Gasteiger partial charge in [0.1, 0.15) is 4.60 Å². The molecule has 1 heterocycles. The maximum atomic E-state index is 12.2. The fraction of sp³-hybridized carbons (Fsp3) is 0.0833. The molecular weight excluding hydrogens is 396 g/mol. The predicted octanol–water partition coefficient (Wildman–Crippen LogP) is 3.54. The monoisotopic (exact) mass is 404 g/mol. The van der Waals surface area contributed by atoms with Crippen molar-refractivity contribution < 1.29 is 8.42 Å². The van der Waals surface area contributed by atoms with Gasteiger partial charge in [-0.3, -0.25) is 4.72 Å². The summed E-state index contributed by atoms with van der Waals surface area (Å²) in [6.07, 6.45) is 1.58. The molecule has 0 aliphatic rings.